The van der Waals surface area contributed by atoms with Gasteiger partial charge in [0.15, 0.2) is 9.84 Å². The zero-order valence-corrected chi connectivity index (χ0v) is 10.8. The summed E-state index contributed by atoms with van der Waals surface area (Å²) in [5, 5.41) is 0. The monoisotopic (exact) mass is 259 g/mol. The van der Waals surface area contributed by atoms with Crippen LogP contribution in [0.2, 0.25) is 0 Å². The van der Waals surface area contributed by atoms with Crippen molar-refractivity contribution < 1.29 is 12.8 Å². The van der Waals surface area contributed by atoms with Crippen molar-refractivity contribution in [1.82, 2.24) is 0 Å². The van der Waals surface area contributed by atoms with E-state index in [-0.39, 0.29) is 17.2 Å². The van der Waals surface area contributed by atoms with Crippen LogP contribution in [0.3, 0.4) is 0 Å². The van der Waals surface area contributed by atoms with Crippen molar-refractivity contribution in [2.24, 2.45) is 0 Å². The highest BCUT2D eigenvalue weighted by Gasteiger charge is 2.12. The van der Waals surface area contributed by atoms with Crippen molar-refractivity contribution in [3.8, 4) is 0 Å². The number of hydrogen-bond donors (Lipinski definition) is 1. The SMILES string of the molecule is CCCCCS(=O)(=O)Cc1cc(N)cc(F)c1. The normalized spacial score (nSPS) is 11.6. The molecule has 96 valence electrons. The molecule has 0 radical (unpaired) electrons. The maximum atomic E-state index is 13.0. The summed E-state index contributed by atoms with van der Waals surface area (Å²) >= 11 is 0. The van der Waals surface area contributed by atoms with Crippen molar-refractivity contribution in [2.75, 3.05) is 11.5 Å². The van der Waals surface area contributed by atoms with Crippen LogP contribution in [0.4, 0.5) is 10.1 Å². The summed E-state index contributed by atoms with van der Waals surface area (Å²) in [4.78, 5) is 0. The standard InChI is InChI=1S/C12H18FNO2S/c1-2-3-4-5-17(15,16)9-10-6-11(13)8-12(14)7-10/h6-8H,2-5,9,14H2,1H3. The van der Waals surface area contributed by atoms with Crippen LogP contribution < -0.4 is 5.73 Å². The lowest BCUT2D eigenvalue weighted by molar-refractivity contribution is 0.589. The molecule has 1 rings (SSSR count). The third kappa shape index (κ3) is 5.17. The zero-order chi connectivity index (χ0) is 12.9. The van der Waals surface area contributed by atoms with Crippen molar-refractivity contribution in [3.63, 3.8) is 0 Å². The van der Waals surface area contributed by atoms with E-state index in [9.17, 15) is 12.8 Å². The molecule has 0 saturated heterocycles. The van der Waals surface area contributed by atoms with Crippen LogP contribution in [-0.4, -0.2) is 14.2 Å². The summed E-state index contributed by atoms with van der Waals surface area (Å²) in [6, 6.07) is 3.89. The van der Waals surface area contributed by atoms with E-state index in [2.05, 4.69) is 0 Å². The maximum Gasteiger partial charge on any atom is 0.154 e. The Kier molecular flexibility index (Phi) is 4.93. The van der Waals surface area contributed by atoms with E-state index in [1.807, 2.05) is 6.92 Å². The van der Waals surface area contributed by atoms with Gasteiger partial charge in [0.05, 0.1) is 11.5 Å². The molecule has 2 N–H and O–H groups in total. The Labute approximate surface area is 102 Å². The van der Waals surface area contributed by atoms with Gasteiger partial charge in [-0.3, -0.25) is 0 Å². The van der Waals surface area contributed by atoms with Crippen LogP contribution in [0.5, 0.6) is 0 Å². The van der Waals surface area contributed by atoms with Gasteiger partial charge >= 0.3 is 0 Å². The van der Waals surface area contributed by atoms with Gasteiger partial charge in [-0.2, -0.15) is 0 Å². The first-order chi connectivity index (χ1) is 7.93. The van der Waals surface area contributed by atoms with E-state index in [1.54, 1.807) is 0 Å². The van der Waals surface area contributed by atoms with Gasteiger partial charge in [-0.05, 0) is 30.2 Å². The molecule has 0 spiro atoms. The predicted molar refractivity (Wildman–Crippen MR) is 67.8 cm³/mol. The van der Waals surface area contributed by atoms with Gasteiger partial charge in [0, 0.05) is 5.69 Å². The summed E-state index contributed by atoms with van der Waals surface area (Å²) in [6.45, 7) is 2.01. The molecule has 0 aliphatic rings. The molecule has 0 amide bonds. The van der Waals surface area contributed by atoms with E-state index in [0.717, 1.165) is 12.8 Å². The fourth-order valence-electron chi connectivity index (χ4n) is 1.66. The number of unbranched alkanes of at least 4 members (excludes halogenated alkanes) is 2. The second-order valence-electron chi connectivity index (χ2n) is 4.19. The third-order valence-corrected chi connectivity index (χ3v) is 4.11. The number of nitrogens with two attached hydrogens (primary N) is 1. The molecule has 0 heterocycles. The van der Waals surface area contributed by atoms with Gasteiger partial charge < -0.3 is 5.73 Å². The second kappa shape index (κ2) is 6.00. The number of sulfone groups is 1. The predicted octanol–water partition coefficient (Wildman–Crippen LogP) is 2.51. The van der Waals surface area contributed by atoms with Gasteiger partial charge in [-0.15, -0.1) is 0 Å². The van der Waals surface area contributed by atoms with Crippen molar-refractivity contribution in [2.45, 2.75) is 31.9 Å². The molecule has 0 unspecified atom stereocenters. The third-order valence-electron chi connectivity index (χ3n) is 2.43. The second-order valence-corrected chi connectivity index (χ2v) is 6.38. The van der Waals surface area contributed by atoms with Gasteiger partial charge in [-0.1, -0.05) is 19.8 Å². The summed E-state index contributed by atoms with van der Waals surface area (Å²) in [5.41, 5.74) is 6.13. The Balaban J connectivity index is 2.69. The first-order valence-electron chi connectivity index (χ1n) is 5.68. The number of halogens is 1. The van der Waals surface area contributed by atoms with E-state index in [4.69, 9.17) is 5.73 Å². The Morgan fingerprint density at radius 1 is 1.24 bits per heavy atom. The van der Waals surface area contributed by atoms with Crippen molar-refractivity contribution >= 4 is 15.5 Å². The number of rotatable bonds is 6. The molecule has 0 aliphatic carbocycles. The number of anilines is 1. The van der Waals surface area contributed by atoms with Crippen LogP contribution in [-0.2, 0) is 15.6 Å². The first kappa shape index (κ1) is 14.0. The highest BCUT2D eigenvalue weighted by molar-refractivity contribution is 7.90. The largest absolute Gasteiger partial charge is 0.399 e. The smallest absolute Gasteiger partial charge is 0.154 e. The average molecular weight is 259 g/mol. The molecule has 0 saturated carbocycles. The molecule has 0 bridgehead atoms. The Morgan fingerprint density at radius 2 is 1.94 bits per heavy atom. The molecule has 0 aliphatic heterocycles. The lowest BCUT2D eigenvalue weighted by Gasteiger charge is -2.05. The molecule has 1 aromatic carbocycles. The van der Waals surface area contributed by atoms with Crippen LogP contribution in [0.15, 0.2) is 18.2 Å². The molecule has 17 heavy (non-hydrogen) atoms. The molecule has 3 nitrogen and oxygen atoms in total. The summed E-state index contributed by atoms with van der Waals surface area (Å²) in [7, 11) is -3.16. The minimum Gasteiger partial charge on any atom is -0.399 e. The highest BCUT2D eigenvalue weighted by atomic mass is 32.2. The molecule has 0 aromatic heterocycles. The minimum absolute atomic E-state index is 0.140. The van der Waals surface area contributed by atoms with E-state index in [1.165, 1.54) is 18.2 Å². The fraction of sp³-hybridized carbons (Fsp3) is 0.500. The lowest BCUT2D eigenvalue weighted by atomic mass is 10.2. The Morgan fingerprint density at radius 3 is 2.53 bits per heavy atom. The van der Waals surface area contributed by atoms with Gasteiger partial charge in [0.2, 0.25) is 0 Å². The van der Waals surface area contributed by atoms with Crippen LogP contribution in [0.1, 0.15) is 31.7 Å². The molecule has 5 heteroatoms. The van der Waals surface area contributed by atoms with Gasteiger partial charge in [0.25, 0.3) is 0 Å². The molecular weight excluding hydrogens is 241 g/mol. The van der Waals surface area contributed by atoms with Crippen LogP contribution in [0, 0.1) is 5.82 Å². The molecule has 1 aromatic rings. The number of hydrogen-bond acceptors (Lipinski definition) is 3. The number of benzene rings is 1. The maximum absolute atomic E-state index is 13.0. The summed E-state index contributed by atoms with van der Waals surface area (Å²) in [6.07, 6.45) is 2.52. The molecule has 0 atom stereocenters. The van der Waals surface area contributed by atoms with Crippen molar-refractivity contribution in [1.29, 1.82) is 0 Å². The topological polar surface area (TPSA) is 60.2 Å². The Hall–Kier alpha value is -1.10. The highest BCUT2D eigenvalue weighted by Crippen LogP contribution is 2.14. The summed E-state index contributed by atoms with van der Waals surface area (Å²) in [5.74, 6) is -0.487. The molecular formula is C12H18FNO2S. The minimum atomic E-state index is -3.16. The van der Waals surface area contributed by atoms with Crippen molar-refractivity contribution in [3.05, 3.63) is 29.6 Å². The van der Waals surface area contributed by atoms with Crippen LogP contribution >= 0.6 is 0 Å². The zero-order valence-electron chi connectivity index (χ0n) is 9.95. The first-order valence-corrected chi connectivity index (χ1v) is 7.50. The van der Waals surface area contributed by atoms with Gasteiger partial charge in [-0.25, -0.2) is 12.8 Å². The van der Waals surface area contributed by atoms with E-state index in [0.29, 0.717) is 12.0 Å². The number of nitrogen functional groups attached to an aromatic ring is 1. The van der Waals surface area contributed by atoms with E-state index < -0.39 is 15.7 Å². The summed E-state index contributed by atoms with van der Waals surface area (Å²) < 4.78 is 36.5. The Bertz CT molecular complexity index is 451. The molecule has 0 fully saturated rings. The van der Waals surface area contributed by atoms with Crippen LogP contribution in [0.25, 0.3) is 0 Å². The lowest BCUT2D eigenvalue weighted by Crippen LogP contribution is -2.09. The van der Waals surface area contributed by atoms with Gasteiger partial charge in [0.1, 0.15) is 5.82 Å². The fourth-order valence-corrected chi connectivity index (χ4v) is 3.12. The van der Waals surface area contributed by atoms with E-state index >= 15 is 0 Å². The quantitative estimate of drug-likeness (QED) is 0.630. The average Bonchev–Trinajstić information content (AvgIpc) is 2.14.